The molecule has 0 saturated carbocycles. The van der Waals surface area contributed by atoms with Crippen molar-refractivity contribution in [2.45, 2.75) is 41.9 Å². The van der Waals surface area contributed by atoms with Gasteiger partial charge < -0.3 is 11.1 Å². The second kappa shape index (κ2) is 13.1. The molecule has 1 amide bonds. The highest BCUT2D eigenvalue weighted by Gasteiger charge is 2.24. The van der Waals surface area contributed by atoms with Gasteiger partial charge in [0.1, 0.15) is 28.5 Å². The van der Waals surface area contributed by atoms with E-state index in [1.807, 2.05) is 24.3 Å². The highest BCUT2D eigenvalue weighted by atomic mass is 35.5. The zero-order chi connectivity index (χ0) is 31.3. The Balaban J connectivity index is 1.52. The van der Waals surface area contributed by atoms with Gasteiger partial charge >= 0.3 is 0 Å². The normalized spacial score (nSPS) is 11.8. The lowest BCUT2D eigenvalue weighted by atomic mass is 9.94. The molecule has 11 nitrogen and oxygen atoms in total. The van der Waals surface area contributed by atoms with Crippen LogP contribution in [0.4, 0.5) is 17.3 Å². The maximum atomic E-state index is 13.0. The number of hydrogen-bond acceptors (Lipinski definition) is 10. The summed E-state index contributed by atoms with van der Waals surface area (Å²) in [4.78, 5) is 17.3. The number of thioether (sulfide) groups is 1. The van der Waals surface area contributed by atoms with Crippen LogP contribution in [0.3, 0.4) is 0 Å². The Morgan fingerprint density at radius 1 is 0.953 bits per heavy atom. The van der Waals surface area contributed by atoms with E-state index in [1.54, 1.807) is 6.92 Å². The van der Waals surface area contributed by atoms with E-state index >= 15 is 0 Å². The van der Waals surface area contributed by atoms with E-state index < -0.39 is 21.2 Å². The molecule has 4 N–H and O–H groups in total. The Hall–Kier alpha value is -4.69. The summed E-state index contributed by atoms with van der Waals surface area (Å²) in [6.07, 6.45) is 0. The molecule has 43 heavy (non-hydrogen) atoms. The SMILES string of the molecule is CC(Sc1nc(N)c(C#N)c(-c2ccc(C(C)C)cc2)c1C#N)C(=O)Nc1ccc(S(=O)(=O)Nc2ccc(Cl)nn2)cc1. The number of halogens is 1. The fraction of sp³-hybridized carbons (Fsp3) is 0.172. The fourth-order valence-electron chi connectivity index (χ4n) is 3.96. The van der Waals surface area contributed by atoms with Crippen molar-refractivity contribution in [3.63, 3.8) is 0 Å². The number of pyridine rings is 1. The van der Waals surface area contributed by atoms with E-state index in [0.29, 0.717) is 22.7 Å². The Morgan fingerprint density at radius 2 is 1.60 bits per heavy atom. The highest BCUT2D eigenvalue weighted by molar-refractivity contribution is 8.00. The summed E-state index contributed by atoms with van der Waals surface area (Å²) in [7, 11) is -3.97. The van der Waals surface area contributed by atoms with Gasteiger partial charge in [0.25, 0.3) is 10.0 Å². The third kappa shape index (κ3) is 7.21. The molecular weight excluding hydrogens is 608 g/mol. The number of carbonyl (C=O) groups is 1. The molecule has 2 aromatic carbocycles. The number of aromatic nitrogens is 3. The van der Waals surface area contributed by atoms with Crippen LogP contribution in [0.15, 0.2) is 70.6 Å². The molecule has 0 aliphatic carbocycles. The molecule has 0 saturated heterocycles. The van der Waals surface area contributed by atoms with E-state index in [2.05, 4.69) is 51.2 Å². The van der Waals surface area contributed by atoms with Crippen molar-refractivity contribution in [1.82, 2.24) is 15.2 Å². The van der Waals surface area contributed by atoms with Crippen LogP contribution >= 0.6 is 23.4 Å². The molecule has 218 valence electrons. The first kappa shape index (κ1) is 31.3. The molecule has 14 heteroatoms. The molecule has 4 rings (SSSR count). The molecule has 1 atom stereocenters. The van der Waals surface area contributed by atoms with Crippen LogP contribution in [-0.2, 0) is 14.8 Å². The minimum atomic E-state index is -3.97. The summed E-state index contributed by atoms with van der Waals surface area (Å²) in [5.41, 5.74) is 8.79. The molecule has 4 aromatic rings. The predicted octanol–water partition coefficient (Wildman–Crippen LogP) is 5.56. The minimum absolute atomic E-state index is 0.00264. The van der Waals surface area contributed by atoms with Crippen LogP contribution in [-0.4, -0.2) is 34.8 Å². The number of nitrogens with two attached hydrogens (primary N) is 1. The lowest BCUT2D eigenvalue weighted by Gasteiger charge is -2.16. The zero-order valence-electron chi connectivity index (χ0n) is 23.2. The maximum Gasteiger partial charge on any atom is 0.263 e. The molecule has 2 aromatic heterocycles. The molecule has 0 aliphatic heterocycles. The summed E-state index contributed by atoms with van der Waals surface area (Å²) in [5, 5.41) is 29.5. The van der Waals surface area contributed by atoms with Gasteiger partial charge in [0, 0.05) is 11.3 Å². The Bertz CT molecular complexity index is 1850. The standard InChI is InChI=1S/C29H25ClN8O3S2/c1-16(2)18-4-6-19(7-5-18)26-22(14-31)27(33)35-29(23(26)15-32)42-17(3)28(39)34-20-8-10-21(11-9-20)43(40,41)38-25-13-12-24(30)36-37-25/h4-13,16-17H,1-3H3,(H2,33,35)(H,34,39)(H,37,38). The number of benzene rings is 2. The lowest BCUT2D eigenvalue weighted by molar-refractivity contribution is -0.115. The van der Waals surface area contributed by atoms with Gasteiger partial charge in [-0.15, -0.1) is 10.2 Å². The quantitative estimate of drug-likeness (QED) is 0.197. The van der Waals surface area contributed by atoms with Crippen molar-refractivity contribution < 1.29 is 13.2 Å². The van der Waals surface area contributed by atoms with Crippen LogP contribution in [0.5, 0.6) is 0 Å². The highest BCUT2D eigenvalue weighted by Crippen LogP contribution is 2.37. The van der Waals surface area contributed by atoms with E-state index in [9.17, 15) is 23.7 Å². The number of rotatable bonds is 9. The average Bonchev–Trinajstić information content (AvgIpc) is 2.98. The van der Waals surface area contributed by atoms with Crippen molar-refractivity contribution in [3.05, 3.63) is 82.5 Å². The Morgan fingerprint density at radius 3 is 2.16 bits per heavy atom. The first-order valence-electron chi connectivity index (χ1n) is 12.8. The number of nitrogens with one attached hydrogen (secondary N) is 2. The van der Waals surface area contributed by atoms with Crippen LogP contribution in [0.2, 0.25) is 5.15 Å². The first-order chi connectivity index (χ1) is 20.4. The molecule has 2 heterocycles. The van der Waals surface area contributed by atoms with Crippen LogP contribution < -0.4 is 15.8 Å². The van der Waals surface area contributed by atoms with Gasteiger partial charge in [-0.2, -0.15) is 10.5 Å². The number of nitrogen functional groups attached to an aromatic ring is 1. The van der Waals surface area contributed by atoms with Gasteiger partial charge in [-0.25, -0.2) is 13.4 Å². The predicted molar refractivity (Wildman–Crippen MR) is 166 cm³/mol. The summed E-state index contributed by atoms with van der Waals surface area (Å²) in [5.74, 6) is -0.173. The summed E-state index contributed by atoms with van der Waals surface area (Å²) in [6.45, 7) is 5.76. The summed E-state index contributed by atoms with van der Waals surface area (Å²) in [6, 6.07) is 20.0. The van der Waals surface area contributed by atoms with E-state index in [1.165, 1.54) is 36.4 Å². The van der Waals surface area contributed by atoms with E-state index in [-0.39, 0.29) is 37.8 Å². The number of anilines is 3. The monoisotopic (exact) mass is 632 g/mol. The topological polar surface area (TPSA) is 188 Å². The number of amides is 1. The molecule has 0 bridgehead atoms. The maximum absolute atomic E-state index is 13.0. The number of carbonyl (C=O) groups excluding carboxylic acids is 1. The number of hydrogen-bond donors (Lipinski definition) is 3. The van der Waals surface area contributed by atoms with Gasteiger partial charge in [0.15, 0.2) is 11.0 Å². The Kier molecular flexibility index (Phi) is 9.51. The van der Waals surface area contributed by atoms with Crippen molar-refractivity contribution >= 4 is 56.6 Å². The second-order valence-electron chi connectivity index (χ2n) is 9.55. The summed E-state index contributed by atoms with van der Waals surface area (Å²) < 4.78 is 27.7. The molecule has 0 fully saturated rings. The number of sulfonamides is 1. The van der Waals surface area contributed by atoms with Gasteiger partial charge in [0.2, 0.25) is 5.91 Å². The van der Waals surface area contributed by atoms with Crippen LogP contribution in [0, 0.1) is 22.7 Å². The van der Waals surface area contributed by atoms with E-state index in [4.69, 9.17) is 17.3 Å². The van der Waals surface area contributed by atoms with Crippen molar-refractivity contribution in [2.75, 3.05) is 15.8 Å². The fourth-order valence-corrected chi connectivity index (χ4v) is 5.97. The van der Waals surface area contributed by atoms with Gasteiger partial charge in [0.05, 0.1) is 15.7 Å². The van der Waals surface area contributed by atoms with Crippen LogP contribution in [0.1, 0.15) is 43.4 Å². The largest absolute Gasteiger partial charge is 0.383 e. The number of nitriles is 2. The lowest BCUT2D eigenvalue weighted by Crippen LogP contribution is -2.23. The minimum Gasteiger partial charge on any atom is -0.383 e. The molecular formula is C29H25ClN8O3S2. The van der Waals surface area contributed by atoms with Crippen LogP contribution in [0.25, 0.3) is 11.1 Å². The molecule has 1 unspecified atom stereocenters. The molecule has 0 radical (unpaired) electrons. The average molecular weight is 633 g/mol. The molecule has 0 spiro atoms. The van der Waals surface area contributed by atoms with E-state index in [0.717, 1.165) is 17.3 Å². The third-order valence-corrected chi connectivity index (χ3v) is 8.90. The number of nitrogens with zero attached hydrogens (tertiary/aromatic N) is 5. The smallest absolute Gasteiger partial charge is 0.263 e. The molecule has 0 aliphatic rings. The van der Waals surface area contributed by atoms with Gasteiger partial charge in [-0.3, -0.25) is 9.52 Å². The summed E-state index contributed by atoms with van der Waals surface area (Å²) >= 11 is 6.70. The third-order valence-electron chi connectivity index (χ3n) is 6.24. The van der Waals surface area contributed by atoms with Crippen molar-refractivity contribution in [2.24, 2.45) is 0 Å². The van der Waals surface area contributed by atoms with Gasteiger partial charge in [-0.1, -0.05) is 61.5 Å². The Labute approximate surface area is 258 Å². The van der Waals surface area contributed by atoms with Crippen molar-refractivity contribution in [3.8, 4) is 23.3 Å². The van der Waals surface area contributed by atoms with Crippen molar-refractivity contribution in [1.29, 1.82) is 10.5 Å². The second-order valence-corrected chi connectivity index (χ2v) is 12.9. The zero-order valence-corrected chi connectivity index (χ0v) is 25.5. The van der Waals surface area contributed by atoms with Gasteiger partial charge in [-0.05, 0) is 60.4 Å². The first-order valence-corrected chi connectivity index (χ1v) is 15.5.